The van der Waals surface area contributed by atoms with Gasteiger partial charge in [-0.3, -0.25) is 4.79 Å². The summed E-state index contributed by atoms with van der Waals surface area (Å²) in [7, 11) is 0. The topological polar surface area (TPSA) is 83.5 Å². The minimum atomic E-state index is -0.489. The molecule has 0 radical (unpaired) electrons. The number of carbonyl (C=O) groups is 2. The normalized spacial score (nSPS) is 11.1. The van der Waals surface area contributed by atoms with Gasteiger partial charge in [-0.25, -0.2) is 10.2 Å². The van der Waals surface area contributed by atoms with Gasteiger partial charge in [0.15, 0.2) is 0 Å². The van der Waals surface area contributed by atoms with E-state index in [0.29, 0.717) is 33.1 Å². The Morgan fingerprint density at radius 2 is 1.76 bits per heavy atom. The average Bonchev–Trinajstić information content (AvgIpc) is 3.32. The van der Waals surface area contributed by atoms with E-state index in [4.69, 9.17) is 16.3 Å². The van der Waals surface area contributed by atoms with E-state index in [1.165, 1.54) is 6.21 Å². The summed E-state index contributed by atoms with van der Waals surface area (Å²) in [6.45, 7) is 1.90. The van der Waals surface area contributed by atoms with E-state index in [9.17, 15) is 9.59 Å². The highest BCUT2D eigenvalue weighted by atomic mass is 79.9. The quantitative estimate of drug-likeness (QED) is 0.0933. The zero-order valence-corrected chi connectivity index (χ0v) is 22.5. The number of esters is 1. The Hall–Kier alpha value is -4.20. The van der Waals surface area contributed by atoms with E-state index in [1.807, 2.05) is 55.5 Å². The molecule has 2 N–H and O–H groups in total. The van der Waals surface area contributed by atoms with Gasteiger partial charge in [0, 0.05) is 21.0 Å². The Labute approximate surface area is 232 Å². The van der Waals surface area contributed by atoms with Gasteiger partial charge in [0.25, 0.3) is 5.91 Å². The standard InChI is InChI=1S/C30H21BrClN3O3/c1-18-7-5-10-20(15-18)30(37)38-25-14-13-22(31)16-21(25)17-33-35-29(36)28-26(19-8-3-2-4-9-19)23-11-6-12-24(32)27(23)34-28/h2-17,34H,1H3,(H,35,36). The number of H-pyrrole nitrogens is 1. The predicted molar refractivity (Wildman–Crippen MR) is 154 cm³/mol. The van der Waals surface area contributed by atoms with Gasteiger partial charge in [-0.2, -0.15) is 5.10 Å². The summed E-state index contributed by atoms with van der Waals surface area (Å²) >= 11 is 9.84. The number of para-hydroxylation sites is 1. The maximum atomic E-state index is 13.3. The molecule has 0 atom stereocenters. The molecular formula is C30H21BrClN3O3. The molecule has 1 aromatic heterocycles. The van der Waals surface area contributed by atoms with Gasteiger partial charge in [0.1, 0.15) is 11.4 Å². The molecule has 0 fully saturated rings. The first kappa shape index (κ1) is 25.4. The predicted octanol–water partition coefficient (Wildman–Crippen LogP) is 7.54. The molecule has 4 aromatic carbocycles. The van der Waals surface area contributed by atoms with Crippen LogP contribution < -0.4 is 10.2 Å². The van der Waals surface area contributed by atoms with E-state index < -0.39 is 11.9 Å². The summed E-state index contributed by atoms with van der Waals surface area (Å²) in [5, 5.41) is 5.49. The summed E-state index contributed by atoms with van der Waals surface area (Å²) in [6, 6.07) is 27.4. The van der Waals surface area contributed by atoms with Crippen LogP contribution >= 0.6 is 27.5 Å². The largest absolute Gasteiger partial charge is 0.422 e. The smallest absolute Gasteiger partial charge is 0.343 e. The van der Waals surface area contributed by atoms with Gasteiger partial charge in [-0.05, 0) is 48.9 Å². The Morgan fingerprint density at radius 3 is 2.55 bits per heavy atom. The molecule has 8 heteroatoms. The first-order chi connectivity index (χ1) is 18.4. The van der Waals surface area contributed by atoms with Crippen LogP contribution in [0.1, 0.15) is 32.0 Å². The third-order valence-electron chi connectivity index (χ3n) is 5.87. The van der Waals surface area contributed by atoms with Crippen LogP contribution in [0.5, 0.6) is 5.75 Å². The second kappa shape index (κ2) is 11.0. The van der Waals surface area contributed by atoms with Crippen molar-refractivity contribution in [2.75, 3.05) is 0 Å². The first-order valence-corrected chi connectivity index (χ1v) is 12.9. The van der Waals surface area contributed by atoms with Gasteiger partial charge in [0.05, 0.1) is 22.3 Å². The summed E-state index contributed by atoms with van der Waals surface area (Å²) in [4.78, 5) is 29.1. The molecule has 0 aliphatic rings. The molecule has 0 saturated heterocycles. The average molecular weight is 587 g/mol. The first-order valence-electron chi connectivity index (χ1n) is 11.7. The van der Waals surface area contributed by atoms with Crippen molar-refractivity contribution >= 4 is 56.5 Å². The molecule has 0 unspecified atom stereocenters. The third-order valence-corrected chi connectivity index (χ3v) is 6.68. The lowest BCUT2D eigenvalue weighted by molar-refractivity contribution is 0.0734. The van der Waals surface area contributed by atoms with E-state index in [0.717, 1.165) is 26.5 Å². The summed E-state index contributed by atoms with van der Waals surface area (Å²) in [5.41, 5.74) is 7.06. The van der Waals surface area contributed by atoms with E-state index in [2.05, 4.69) is 31.4 Å². The van der Waals surface area contributed by atoms with Crippen LogP contribution in [0.15, 0.2) is 101 Å². The number of benzene rings is 4. The SMILES string of the molecule is Cc1cccc(C(=O)Oc2ccc(Br)cc2C=NNC(=O)c2[nH]c3c(Cl)cccc3c2-c2ccccc2)c1. The number of carbonyl (C=O) groups excluding carboxylic acids is 2. The maximum Gasteiger partial charge on any atom is 0.343 e. The number of hydrazone groups is 1. The van der Waals surface area contributed by atoms with Crippen LogP contribution in [0, 0.1) is 6.92 Å². The highest BCUT2D eigenvalue weighted by Crippen LogP contribution is 2.35. The van der Waals surface area contributed by atoms with Crippen molar-refractivity contribution in [2.45, 2.75) is 6.92 Å². The number of nitrogens with one attached hydrogen (secondary N) is 2. The van der Waals surface area contributed by atoms with Gasteiger partial charge >= 0.3 is 5.97 Å². The Balaban J connectivity index is 1.42. The van der Waals surface area contributed by atoms with Crippen LogP contribution in [-0.2, 0) is 0 Å². The number of halogens is 2. The van der Waals surface area contributed by atoms with Gasteiger partial charge in [-0.1, -0.05) is 87.7 Å². The Bertz CT molecular complexity index is 1700. The molecule has 1 amide bonds. The number of aromatic amines is 1. The second-order valence-corrected chi connectivity index (χ2v) is 9.87. The number of hydrogen-bond acceptors (Lipinski definition) is 4. The van der Waals surface area contributed by atoms with Crippen LogP contribution in [0.25, 0.3) is 22.0 Å². The number of amides is 1. The lowest BCUT2D eigenvalue weighted by Crippen LogP contribution is -2.19. The fourth-order valence-corrected chi connectivity index (χ4v) is 4.72. The lowest BCUT2D eigenvalue weighted by atomic mass is 10.0. The highest BCUT2D eigenvalue weighted by molar-refractivity contribution is 9.10. The lowest BCUT2D eigenvalue weighted by Gasteiger charge is -2.09. The van der Waals surface area contributed by atoms with Gasteiger partial charge < -0.3 is 9.72 Å². The number of ether oxygens (including phenoxy) is 1. The minimum absolute atomic E-state index is 0.306. The number of aromatic nitrogens is 1. The number of rotatable bonds is 6. The van der Waals surface area contributed by atoms with Crippen molar-refractivity contribution < 1.29 is 14.3 Å². The van der Waals surface area contributed by atoms with Crippen molar-refractivity contribution in [2.24, 2.45) is 5.10 Å². The minimum Gasteiger partial charge on any atom is -0.422 e. The van der Waals surface area contributed by atoms with Gasteiger partial charge in [-0.15, -0.1) is 0 Å². The fourth-order valence-electron chi connectivity index (χ4n) is 4.12. The summed E-state index contributed by atoms with van der Waals surface area (Å²) in [6.07, 6.45) is 1.43. The molecule has 38 heavy (non-hydrogen) atoms. The molecule has 0 bridgehead atoms. The van der Waals surface area contributed by atoms with Crippen LogP contribution in [0.2, 0.25) is 5.02 Å². The summed E-state index contributed by atoms with van der Waals surface area (Å²) in [5.74, 6) is -0.627. The highest BCUT2D eigenvalue weighted by Gasteiger charge is 2.20. The molecule has 0 aliphatic carbocycles. The van der Waals surface area contributed by atoms with Gasteiger partial charge in [0.2, 0.25) is 0 Å². The molecule has 5 rings (SSSR count). The second-order valence-electron chi connectivity index (χ2n) is 8.54. The molecule has 0 spiro atoms. The van der Waals surface area contributed by atoms with Crippen molar-refractivity contribution in [3.05, 3.63) is 123 Å². The zero-order valence-electron chi connectivity index (χ0n) is 20.2. The Kier molecular flexibility index (Phi) is 7.40. The number of aryl methyl sites for hydroxylation is 1. The monoisotopic (exact) mass is 585 g/mol. The van der Waals surface area contributed by atoms with E-state index in [1.54, 1.807) is 42.5 Å². The molecule has 1 heterocycles. The number of hydrogen-bond donors (Lipinski definition) is 2. The number of fused-ring (bicyclic) bond motifs is 1. The molecule has 0 saturated carbocycles. The molecular weight excluding hydrogens is 566 g/mol. The Morgan fingerprint density at radius 1 is 0.974 bits per heavy atom. The van der Waals surface area contributed by atoms with E-state index >= 15 is 0 Å². The fraction of sp³-hybridized carbons (Fsp3) is 0.0333. The van der Waals surface area contributed by atoms with Crippen molar-refractivity contribution in [1.82, 2.24) is 10.4 Å². The van der Waals surface area contributed by atoms with Crippen molar-refractivity contribution in [3.63, 3.8) is 0 Å². The molecule has 0 aliphatic heterocycles. The summed E-state index contributed by atoms with van der Waals surface area (Å²) < 4.78 is 6.39. The van der Waals surface area contributed by atoms with Crippen LogP contribution in [-0.4, -0.2) is 23.1 Å². The molecule has 5 aromatic rings. The van der Waals surface area contributed by atoms with Crippen molar-refractivity contribution in [3.8, 4) is 16.9 Å². The molecule has 6 nitrogen and oxygen atoms in total. The number of nitrogens with zero attached hydrogens (tertiary/aromatic N) is 1. The van der Waals surface area contributed by atoms with Crippen LogP contribution in [0.3, 0.4) is 0 Å². The molecule has 188 valence electrons. The van der Waals surface area contributed by atoms with E-state index in [-0.39, 0.29) is 0 Å². The maximum absolute atomic E-state index is 13.3. The van der Waals surface area contributed by atoms with Crippen molar-refractivity contribution in [1.29, 1.82) is 0 Å². The zero-order chi connectivity index (χ0) is 26.6. The third kappa shape index (κ3) is 5.39. The van der Waals surface area contributed by atoms with Crippen LogP contribution in [0.4, 0.5) is 0 Å².